The van der Waals surface area contributed by atoms with Gasteiger partial charge in [-0.3, -0.25) is 0 Å². The molecule has 100 valence electrons. The van der Waals surface area contributed by atoms with Gasteiger partial charge in [0.15, 0.2) is 0 Å². The maximum absolute atomic E-state index is 6.11. The highest BCUT2D eigenvalue weighted by atomic mass is 35.5. The minimum absolute atomic E-state index is 0.288. The van der Waals surface area contributed by atoms with Crippen molar-refractivity contribution in [2.45, 2.75) is 49.6 Å². The molecule has 7 rings (SSSR count). The van der Waals surface area contributed by atoms with Crippen LogP contribution >= 0.6 is 23.6 Å². The zero-order valence-corrected chi connectivity index (χ0v) is 12.0. The van der Waals surface area contributed by atoms with E-state index in [0.717, 1.165) is 35.5 Å². The molecule has 0 atom stereocenters. The monoisotopic (exact) mass is 286 g/mol. The quantitative estimate of drug-likeness (QED) is 0.763. The highest BCUT2D eigenvalue weighted by Gasteiger charge is 2.70. The standard InChI is InChI=1S/C14H20Cl2N2/c15-17-13-1-7-8-4-14(18-16)5-9(7)11(3-13)12(6-14)10(8)2-13/h7-12,17-18H,1-6H2. The van der Waals surface area contributed by atoms with Crippen LogP contribution in [0.25, 0.3) is 0 Å². The second-order valence-corrected chi connectivity index (χ2v) is 8.34. The first-order valence-corrected chi connectivity index (χ1v) is 8.20. The zero-order valence-electron chi connectivity index (χ0n) is 10.5. The zero-order chi connectivity index (χ0) is 12.1. The largest absolute Gasteiger partial charge is 0.227 e. The van der Waals surface area contributed by atoms with E-state index in [-0.39, 0.29) is 11.1 Å². The van der Waals surface area contributed by atoms with Crippen LogP contribution in [0.1, 0.15) is 38.5 Å². The Morgan fingerprint density at radius 2 is 0.778 bits per heavy atom. The van der Waals surface area contributed by atoms with Crippen LogP contribution in [-0.2, 0) is 0 Å². The number of halogens is 2. The molecule has 2 N–H and O–H groups in total. The van der Waals surface area contributed by atoms with E-state index in [1.54, 1.807) is 0 Å². The number of nitrogens with one attached hydrogen (secondary N) is 2. The summed E-state index contributed by atoms with van der Waals surface area (Å²) in [6, 6.07) is 0. The van der Waals surface area contributed by atoms with E-state index in [4.69, 9.17) is 23.6 Å². The van der Waals surface area contributed by atoms with Crippen molar-refractivity contribution in [3.63, 3.8) is 0 Å². The van der Waals surface area contributed by atoms with Crippen LogP contribution in [0.5, 0.6) is 0 Å². The molecule has 0 aromatic rings. The first-order valence-electron chi connectivity index (χ1n) is 7.45. The van der Waals surface area contributed by atoms with Gasteiger partial charge in [0.25, 0.3) is 0 Å². The van der Waals surface area contributed by atoms with Crippen LogP contribution in [0.4, 0.5) is 0 Å². The van der Waals surface area contributed by atoms with Gasteiger partial charge in [0.2, 0.25) is 0 Å². The summed E-state index contributed by atoms with van der Waals surface area (Å²) >= 11 is 12.2. The molecule has 2 nitrogen and oxygen atoms in total. The normalized spacial score (nSPS) is 67.0. The summed E-state index contributed by atoms with van der Waals surface area (Å²) in [6.45, 7) is 0. The van der Waals surface area contributed by atoms with E-state index >= 15 is 0 Å². The van der Waals surface area contributed by atoms with Crippen molar-refractivity contribution in [3.05, 3.63) is 0 Å². The minimum atomic E-state index is 0.288. The van der Waals surface area contributed by atoms with Crippen LogP contribution in [0.3, 0.4) is 0 Å². The molecule has 0 spiro atoms. The molecule has 0 aromatic carbocycles. The summed E-state index contributed by atoms with van der Waals surface area (Å²) in [5.41, 5.74) is 0.577. The Kier molecular flexibility index (Phi) is 2.00. The van der Waals surface area contributed by atoms with E-state index in [0.29, 0.717) is 0 Å². The molecule has 0 amide bonds. The van der Waals surface area contributed by atoms with Crippen molar-refractivity contribution < 1.29 is 0 Å². The Balaban J connectivity index is 1.61. The SMILES string of the molecule is ClNC12CC3C4CC5(NCl)CC3C(C1)C(C5)C4C2. The first kappa shape index (κ1) is 11.2. The van der Waals surface area contributed by atoms with Crippen LogP contribution < -0.4 is 9.67 Å². The molecular weight excluding hydrogens is 267 g/mol. The molecule has 7 aliphatic carbocycles. The summed E-state index contributed by atoms with van der Waals surface area (Å²) < 4.78 is 0. The molecule has 0 saturated heterocycles. The lowest BCUT2D eigenvalue weighted by molar-refractivity contribution is -0.220. The fraction of sp³-hybridized carbons (Fsp3) is 1.00. The van der Waals surface area contributed by atoms with Gasteiger partial charge in [0, 0.05) is 11.1 Å². The summed E-state index contributed by atoms with van der Waals surface area (Å²) in [6.07, 6.45) is 7.94. The highest BCUT2D eigenvalue weighted by Crippen LogP contribution is 2.72. The Bertz CT molecular complexity index is 310. The van der Waals surface area contributed by atoms with Gasteiger partial charge in [-0.1, -0.05) is 0 Å². The van der Waals surface area contributed by atoms with Crippen molar-refractivity contribution in [2.24, 2.45) is 35.5 Å². The Morgan fingerprint density at radius 1 is 0.556 bits per heavy atom. The van der Waals surface area contributed by atoms with Gasteiger partial charge >= 0.3 is 0 Å². The second kappa shape index (κ2) is 3.21. The van der Waals surface area contributed by atoms with Crippen molar-refractivity contribution >= 4 is 23.6 Å². The summed E-state index contributed by atoms with van der Waals surface area (Å²) in [5, 5.41) is 0. The van der Waals surface area contributed by atoms with Crippen molar-refractivity contribution in [2.75, 3.05) is 0 Å². The maximum Gasteiger partial charge on any atom is 0.0340 e. The van der Waals surface area contributed by atoms with Gasteiger partial charge in [-0.25, -0.2) is 9.67 Å². The number of hydrogen-bond donors (Lipinski definition) is 2. The third kappa shape index (κ3) is 1.08. The lowest BCUT2D eigenvalue weighted by Gasteiger charge is -2.74. The molecule has 8 bridgehead atoms. The molecule has 0 radical (unpaired) electrons. The van der Waals surface area contributed by atoms with Gasteiger partial charge in [0.1, 0.15) is 0 Å². The molecule has 7 aliphatic rings. The minimum Gasteiger partial charge on any atom is -0.227 e. The molecule has 0 heterocycles. The van der Waals surface area contributed by atoms with E-state index in [9.17, 15) is 0 Å². The van der Waals surface area contributed by atoms with Gasteiger partial charge < -0.3 is 0 Å². The van der Waals surface area contributed by atoms with Crippen LogP contribution in [-0.4, -0.2) is 11.1 Å². The van der Waals surface area contributed by atoms with Crippen LogP contribution in [0.2, 0.25) is 0 Å². The molecule has 7 saturated carbocycles. The highest BCUT2D eigenvalue weighted by molar-refractivity contribution is 6.14. The third-order valence-electron chi connectivity index (χ3n) is 7.46. The molecule has 7 fully saturated rings. The predicted molar refractivity (Wildman–Crippen MR) is 72.1 cm³/mol. The second-order valence-electron chi connectivity index (χ2n) is 7.96. The molecule has 0 unspecified atom stereocenters. The Morgan fingerprint density at radius 3 is 0.944 bits per heavy atom. The fourth-order valence-corrected chi connectivity index (χ4v) is 7.62. The van der Waals surface area contributed by atoms with Gasteiger partial charge in [-0.2, -0.15) is 0 Å². The first-order chi connectivity index (χ1) is 8.69. The van der Waals surface area contributed by atoms with Gasteiger partial charge in [0.05, 0.1) is 0 Å². The Hall–Kier alpha value is 0.500. The van der Waals surface area contributed by atoms with E-state index < -0.39 is 0 Å². The maximum atomic E-state index is 6.11. The number of hydrogen-bond acceptors (Lipinski definition) is 2. The van der Waals surface area contributed by atoms with E-state index in [1.165, 1.54) is 38.5 Å². The molecular formula is C14H20Cl2N2. The Labute approximate surface area is 118 Å². The smallest absolute Gasteiger partial charge is 0.0340 e. The topological polar surface area (TPSA) is 24.1 Å². The van der Waals surface area contributed by atoms with Crippen LogP contribution in [0.15, 0.2) is 0 Å². The van der Waals surface area contributed by atoms with Gasteiger partial charge in [-0.05, 0) is 97.6 Å². The lowest BCUT2D eigenvalue weighted by Crippen LogP contribution is -2.74. The third-order valence-corrected chi connectivity index (χ3v) is 8.26. The molecule has 18 heavy (non-hydrogen) atoms. The molecule has 0 aliphatic heterocycles. The predicted octanol–water partition coefficient (Wildman–Crippen LogP) is 3.06. The average Bonchev–Trinajstić information content (AvgIpc) is 2.43. The van der Waals surface area contributed by atoms with E-state index in [2.05, 4.69) is 9.67 Å². The van der Waals surface area contributed by atoms with Gasteiger partial charge in [-0.15, -0.1) is 0 Å². The van der Waals surface area contributed by atoms with Crippen molar-refractivity contribution in [1.82, 2.24) is 9.67 Å². The van der Waals surface area contributed by atoms with E-state index in [1.807, 2.05) is 0 Å². The number of rotatable bonds is 2. The summed E-state index contributed by atoms with van der Waals surface area (Å²) in [5.74, 6) is 5.60. The molecule has 0 aromatic heterocycles. The fourth-order valence-electron chi connectivity index (χ4n) is 7.16. The van der Waals surface area contributed by atoms with Crippen molar-refractivity contribution in [1.29, 1.82) is 0 Å². The lowest BCUT2D eigenvalue weighted by atomic mass is 9.33. The summed E-state index contributed by atoms with van der Waals surface area (Å²) in [7, 11) is 0. The van der Waals surface area contributed by atoms with Crippen LogP contribution in [0, 0.1) is 35.5 Å². The summed E-state index contributed by atoms with van der Waals surface area (Å²) in [4.78, 5) is 6.38. The van der Waals surface area contributed by atoms with Crippen molar-refractivity contribution in [3.8, 4) is 0 Å². The average molecular weight is 287 g/mol. The molecule has 4 heteroatoms.